The second-order valence-corrected chi connectivity index (χ2v) is 6.92. The Kier molecular flexibility index (Phi) is 4.03. The van der Waals surface area contributed by atoms with Gasteiger partial charge < -0.3 is 0 Å². The van der Waals surface area contributed by atoms with Gasteiger partial charge in [0.1, 0.15) is 0 Å². The Morgan fingerprint density at radius 2 is 1.26 bits per heavy atom. The molecule has 2 N–H and O–H groups in total. The lowest BCUT2D eigenvalue weighted by atomic mass is 9.91. The van der Waals surface area contributed by atoms with E-state index in [1.54, 1.807) is 13.0 Å². The third-order valence-electron chi connectivity index (χ3n) is 3.87. The van der Waals surface area contributed by atoms with E-state index in [9.17, 15) is 8.42 Å². The largest absolute Gasteiger partial charge is 0.238 e. The molecule has 0 saturated carbocycles. The zero-order chi connectivity index (χ0) is 16.4. The fourth-order valence-corrected chi connectivity index (χ4v) is 3.62. The first kappa shape index (κ1) is 15.5. The Labute approximate surface area is 136 Å². The maximum Gasteiger partial charge on any atom is 0.238 e. The molecule has 0 aliphatic heterocycles. The first-order chi connectivity index (χ1) is 11.0. The van der Waals surface area contributed by atoms with Crippen molar-refractivity contribution in [1.82, 2.24) is 0 Å². The minimum atomic E-state index is -3.76. The number of nitrogens with two attached hydrogens (primary N) is 1. The maximum atomic E-state index is 11.9. The van der Waals surface area contributed by atoms with Crippen LogP contribution in [0.15, 0.2) is 77.7 Å². The predicted octanol–water partition coefficient (Wildman–Crippen LogP) is 3.98. The highest BCUT2D eigenvalue weighted by Crippen LogP contribution is 2.37. The zero-order valence-corrected chi connectivity index (χ0v) is 13.5. The van der Waals surface area contributed by atoms with Crippen molar-refractivity contribution < 1.29 is 8.42 Å². The molecule has 0 aliphatic carbocycles. The van der Waals surface area contributed by atoms with E-state index >= 15 is 0 Å². The van der Waals surface area contributed by atoms with Crippen LogP contribution in [0, 0.1) is 6.92 Å². The lowest BCUT2D eigenvalue weighted by Crippen LogP contribution is -2.14. The molecule has 0 unspecified atom stereocenters. The predicted molar refractivity (Wildman–Crippen MR) is 93.4 cm³/mol. The molecule has 3 aromatic carbocycles. The fraction of sp³-hybridized carbons (Fsp3) is 0.0526. The normalized spacial score (nSPS) is 11.4. The van der Waals surface area contributed by atoms with Gasteiger partial charge in [-0.05, 0) is 40.8 Å². The lowest BCUT2D eigenvalue weighted by Gasteiger charge is -2.16. The van der Waals surface area contributed by atoms with E-state index in [2.05, 4.69) is 0 Å². The molecular formula is C19H17NO2S. The summed E-state index contributed by atoms with van der Waals surface area (Å²) in [5.74, 6) is 0. The molecule has 0 aliphatic rings. The number of rotatable bonds is 3. The third kappa shape index (κ3) is 3.04. The smallest absolute Gasteiger partial charge is 0.225 e. The summed E-state index contributed by atoms with van der Waals surface area (Å²) in [5, 5.41) is 5.37. The van der Waals surface area contributed by atoms with Gasteiger partial charge in [-0.15, -0.1) is 0 Å². The van der Waals surface area contributed by atoms with Gasteiger partial charge in [0.15, 0.2) is 0 Å². The summed E-state index contributed by atoms with van der Waals surface area (Å²) in [6, 6.07) is 23.1. The van der Waals surface area contributed by atoms with Gasteiger partial charge in [-0.2, -0.15) is 0 Å². The van der Waals surface area contributed by atoms with Gasteiger partial charge >= 0.3 is 0 Å². The van der Waals surface area contributed by atoms with Gasteiger partial charge in [0.05, 0.1) is 4.90 Å². The molecule has 0 saturated heterocycles. The highest BCUT2D eigenvalue weighted by atomic mass is 32.2. The topological polar surface area (TPSA) is 60.2 Å². The molecule has 3 nitrogen and oxygen atoms in total. The molecule has 3 aromatic rings. The average molecular weight is 323 g/mol. The van der Waals surface area contributed by atoms with Crippen LogP contribution in [0.3, 0.4) is 0 Å². The van der Waals surface area contributed by atoms with Crippen LogP contribution in [-0.2, 0) is 10.0 Å². The van der Waals surface area contributed by atoms with Crippen molar-refractivity contribution >= 4 is 10.0 Å². The van der Waals surface area contributed by atoms with Crippen molar-refractivity contribution in [3.05, 3.63) is 78.4 Å². The molecule has 23 heavy (non-hydrogen) atoms. The first-order valence-corrected chi connectivity index (χ1v) is 8.80. The van der Waals surface area contributed by atoms with Gasteiger partial charge in [-0.3, -0.25) is 0 Å². The first-order valence-electron chi connectivity index (χ1n) is 7.26. The molecular weight excluding hydrogens is 306 g/mol. The van der Waals surface area contributed by atoms with E-state index in [1.807, 2.05) is 66.7 Å². The lowest BCUT2D eigenvalue weighted by molar-refractivity contribution is 0.597. The van der Waals surface area contributed by atoms with E-state index in [0.717, 1.165) is 22.3 Å². The summed E-state index contributed by atoms with van der Waals surface area (Å²) in [6.45, 7) is 1.80. The monoisotopic (exact) mass is 323 g/mol. The molecule has 0 fully saturated rings. The Morgan fingerprint density at radius 3 is 1.78 bits per heavy atom. The van der Waals surface area contributed by atoms with Crippen LogP contribution in [0.25, 0.3) is 22.3 Å². The highest BCUT2D eigenvalue weighted by Gasteiger charge is 2.18. The van der Waals surface area contributed by atoms with E-state index in [4.69, 9.17) is 5.14 Å². The SMILES string of the molecule is Cc1c(S(N)(=O)=O)ccc(-c2ccccc2)c1-c1ccccc1. The molecule has 0 spiro atoms. The van der Waals surface area contributed by atoms with E-state index in [1.165, 1.54) is 0 Å². The zero-order valence-electron chi connectivity index (χ0n) is 12.7. The summed E-state index contributed by atoms with van der Waals surface area (Å²) in [7, 11) is -3.76. The summed E-state index contributed by atoms with van der Waals surface area (Å²) >= 11 is 0. The third-order valence-corrected chi connectivity index (χ3v) is 4.92. The molecule has 0 bridgehead atoms. The van der Waals surface area contributed by atoms with Gasteiger partial charge in [-0.1, -0.05) is 66.7 Å². The van der Waals surface area contributed by atoms with Crippen molar-refractivity contribution in [3.8, 4) is 22.3 Å². The molecule has 0 amide bonds. The molecule has 0 radical (unpaired) electrons. The fourth-order valence-electron chi connectivity index (χ4n) is 2.84. The quantitative estimate of drug-likeness (QED) is 0.792. The number of hydrogen-bond acceptors (Lipinski definition) is 2. The van der Waals surface area contributed by atoms with Crippen LogP contribution in [0.2, 0.25) is 0 Å². The standard InChI is InChI=1S/C19H17NO2S/c1-14-18(23(20,21)22)13-12-17(15-8-4-2-5-9-15)19(14)16-10-6-3-7-11-16/h2-13H,1H3,(H2,20,21,22). The highest BCUT2D eigenvalue weighted by molar-refractivity contribution is 7.89. The minimum absolute atomic E-state index is 0.163. The molecule has 0 aromatic heterocycles. The Balaban J connectivity index is 2.36. The summed E-state index contributed by atoms with van der Waals surface area (Å²) < 4.78 is 23.7. The number of benzene rings is 3. The van der Waals surface area contributed by atoms with Gasteiger partial charge in [0, 0.05) is 0 Å². The maximum absolute atomic E-state index is 11.9. The number of sulfonamides is 1. The van der Waals surface area contributed by atoms with Crippen LogP contribution in [0.1, 0.15) is 5.56 Å². The summed E-state index contributed by atoms with van der Waals surface area (Å²) in [4.78, 5) is 0.163. The Bertz CT molecular complexity index is 934. The molecule has 4 heteroatoms. The molecule has 3 rings (SSSR count). The number of hydrogen-bond donors (Lipinski definition) is 1. The van der Waals surface area contributed by atoms with Crippen LogP contribution in [-0.4, -0.2) is 8.42 Å². The molecule has 116 valence electrons. The summed E-state index contributed by atoms with van der Waals surface area (Å²) in [6.07, 6.45) is 0. The van der Waals surface area contributed by atoms with Crippen molar-refractivity contribution in [2.45, 2.75) is 11.8 Å². The molecule has 0 atom stereocenters. The van der Waals surface area contributed by atoms with Crippen molar-refractivity contribution in [2.75, 3.05) is 0 Å². The Hall–Kier alpha value is -2.43. The second-order valence-electron chi connectivity index (χ2n) is 5.39. The van der Waals surface area contributed by atoms with Crippen molar-refractivity contribution in [1.29, 1.82) is 0 Å². The van der Waals surface area contributed by atoms with E-state index in [-0.39, 0.29) is 4.90 Å². The van der Waals surface area contributed by atoms with Crippen molar-refractivity contribution in [3.63, 3.8) is 0 Å². The van der Waals surface area contributed by atoms with Crippen molar-refractivity contribution in [2.24, 2.45) is 5.14 Å². The summed E-state index contributed by atoms with van der Waals surface area (Å²) in [5.41, 5.74) is 4.55. The number of primary sulfonamides is 1. The van der Waals surface area contributed by atoms with Crippen LogP contribution >= 0.6 is 0 Å². The van der Waals surface area contributed by atoms with Crippen LogP contribution < -0.4 is 5.14 Å². The molecule has 0 heterocycles. The van der Waals surface area contributed by atoms with E-state index < -0.39 is 10.0 Å². The van der Waals surface area contributed by atoms with Crippen LogP contribution in [0.5, 0.6) is 0 Å². The Morgan fingerprint density at radius 1 is 0.739 bits per heavy atom. The average Bonchev–Trinajstić information content (AvgIpc) is 2.55. The van der Waals surface area contributed by atoms with Gasteiger partial charge in [-0.25, -0.2) is 13.6 Å². The van der Waals surface area contributed by atoms with Gasteiger partial charge in [0.2, 0.25) is 10.0 Å². The second kappa shape index (κ2) is 5.99. The van der Waals surface area contributed by atoms with Crippen LogP contribution in [0.4, 0.5) is 0 Å². The van der Waals surface area contributed by atoms with Gasteiger partial charge in [0.25, 0.3) is 0 Å². The van der Waals surface area contributed by atoms with E-state index in [0.29, 0.717) is 5.56 Å². The minimum Gasteiger partial charge on any atom is -0.225 e.